The summed E-state index contributed by atoms with van der Waals surface area (Å²) in [5.74, 6) is 0.776. The van der Waals surface area contributed by atoms with Crippen LogP contribution in [0.1, 0.15) is 67.0 Å². The quantitative estimate of drug-likeness (QED) is 0.815. The van der Waals surface area contributed by atoms with Crippen LogP contribution in [0.2, 0.25) is 0 Å². The summed E-state index contributed by atoms with van der Waals surface area (Å²) in [6.45, 7) is 6.81. The van der Waals surface area contributed by atoms with Crippen LogP contribution in [-0.2, 0) is 13.0 Å². The van der Waals surface area contributed by atoms with E-state index in [0.29, 0.717) is 15.1 Å². The van der Waals surface area contributed by atoms with Crippen molar-refractivity contribution in [2.45, 2.75) is 71.9 Å². The van der Waals surface area contributed by atoms with Gasteiger partial charge in [0.2, 0.25) is 0 Å². The lowest BCUT2D eigenvalue weighted by molar-refractivity contribution is 0.0941. The molecule has 0 saturated heterocycles. The van der Waals surface area contributed by atoms with Gasteiger partial charge in [0.1, 0.15) is 10.7 Å². The van der Waals surface area contributed by atoms with Crippen LogP contribution in [0.3, 0.4) is 0 Å². The fraction of sp³-hybridized carbons (Fsp3) is 0.611. The van der Waals surface area contributed by atoms with Gasteiger partial charge < -0.3 is 5.32 Å². The van der Waals surface area contributed by atoms with E-state index in [-0.39, 0.29) is 17.5 Å². The smallest absolute Gasteiger partial charge is 0.262 e. The first-order valence-electron chi connectivity index (χ1n) is 8.86. The molecule has 0 radical (unpaired) electrons. The van der Waals surface area contributed by atoms with Gasteiger partial charge in [-0.3, -0.25) is 14.2 Å². The first-order valence-corrected chi connectivity index (χ1v) is 9.68. The third-order valence-corrected chi connectivity index (χ3v) is 5.92. The van der Waals surface area contributed by atoms with Crippen molar-refractivity contribution in [3.63, 3.8) is 0 Å². The molecule has 0 fully saturated rings. The van der Waals surface area contributed by atoms with E-state index < -0.39 is 0 Å². The van der Waals surface area contributed by atoms with E-state index in [2.05, 4.69) is 17.2 Å². The molecule has 5 nitrogen and oxygen atoms in total. The van der Waals surface area contributed by atoms with Crippen LogP contribution in [0.25, 0.3) is 10.2 Å². The van der Waals surface area contributed by atoms with E-state index in [1.807, 2.05) is 13.8 Å². The van der Waals surface area contributed by atoms with Crippen LogP contribution < -0.4 is 10.9 Å². The van der Waals surface area contributed by atoms with Crippen LogP contribution in [0, 0.1) is 6.92 Å². The lowest BCUT2D eigenvalue weighted by Crippen LogP contribution is -2.32. The van der Waals surface area contributed by atoms with E-state index in [4.69, 9.17) is 0 Å². The summed E-state index contributed by atoms with van der Waals surface area (Å²) in [4.78, 5) is 31.2. The Hall–Kier alpha value is -1.69. The molecule has 1 N–H and O–H groups in total. The zero-order valence-electron chi connectivity index (χ0n) is 14.6. The molecule has 1 aliphatic heterocycles. The Labute approximate surface area is 146 Å². The van der Waals surface area contributed by atoms with E-state index in [0.717, 1.165) is 43.6 Å². The van der Waals surface area contributed by atoms with Crippen molar-refractivity contribution < 1.29 is 4.79 Å². The molecule has 130 valence electrons. The molecule has 0 aliphatic carbocycles. The number of hydrogen-bond acceptors (Lipinski definition) is 4. The predicted molar refractivity (Wildman–Crippen MR) is 98.0 cm³/mol. The molecule has 3 heterocycles. The summed E-state index contributed by atoms with van der Waals surface area (Å²) in [6, 6.07) is 0.146. The Morgan fingerprint density at radius 3 is 2.96 bits per heavy atom. The highest BCUT2D eigenvalue weighted by Crippen LogP contribution is 2.28. The highest BCUT2D eigenvalue weighted by atomic mass is 32.1. The molecule has 1 atom stereocenters. The zero-order valence-corrected chi connectivity index (χ0v) is 15.5. The summed E-state index contributed by atoms with van der Waals surface area (Å²) in [5, 5.41) is 3.69. The van der Waals surface area contributed by atoms with Gasteiger partial charge in [-0.25, -0.2) is 4.98 Å². The second kappa shape index (κ2) is 7.05. The van der Waals surface area contributed by atoms with Crippen LogP contribution in [0.5, 0.6) is 0 Å². The minimum atomic E-state index is -0.0796. The molecule has 1 aliphatic rings. The first-order chi connectivity index (χ1) is 11.5. The van der Waals surface area contributed by atoms with Crippen LogP contribution in [0.4, 0.5) is 0 Å². The van der Waals surface area contributed by atoms with Gasteiger partial charge in [-0.05, 0) is 32.3 Å². The Kier molecular flexibility index (Phi) is 5.04. The number of aryl methyl sites for hydroxylation is 2. The van der Waals surface area contributed by atoms with Gasteiger partial charge in [0.15, 0.2) is 0 Å². The van der Waals surface area contributed by atoms with Gasteiger partial charge >= 0.3 is 0 Å². The van der Waals surface area contributed by atoms with Crippen LogP contribution in [0.15, 0.2) is 4.79 Å². The normalized spacial score (nSPS) is 14.8. The number of nitrogens with one attached hydrogen (secondary N) is 1. The summed E-state index contributed by atoms with van der Waals surface area (Å²) in [5.41, 5.74) is 0.782. The molecule has 0 saturated carbocycles. The average molecular weight is 347 g/mol. The van der Waals surface area contributed by atoms with Gasteiger partial charge in [-0.15, -0.1) is 11.3 Å². The van der Waals surface area contributed by atoms with Crippen molar-refractivity contribution >= 4 is 27.5 Å². The van der Waals surface area contributed by atoms with Crippen molar-refractivity contribution in [3.8, 4) is 0 Å². The SMILES string of the molecule is CCCCC[C@@H](C)NC(=O)c1sc2nc3n(c(=O)c2c1C)CCC3. The molecular formula is C18H25N3O2S. The van der Waals surface area contributed by atoms with Crippen molar-refractivity contribution in [3.05, 3.63) is 26.6 Å². The Balaban J connectivity index is 1.85. The van der Waals surface area contributed by atoms with E-state index in [1.165, 1.54) is 24.2 Å². The number of hydrogen-bond donors (Lipinski definition) is 1. The third-order valence-electron chi connectivity index (χ3n) is 4.74. The molecule has 24 heavy (non-hydrogen) atoms. The number of thiophene rings is 1. The monoisotopic (exact) mass is 347 g/mol. The molecule has 0 spiro atoms. The summed E-state index contributed by atoms with van der Waals surface area (Å²) >= 11 is 1.35. The summed E-state index contributed by atoms with van der Waals surface area (Å²) in [7, 11) is 0. The standard InChI is InChI=1S/C18H25N3O2S/c1-4-5-6-8-11(2)19-16(22)15-12(3)14-17(24-15)20-13-9-7-10-21(13)18(14)23/h11H,4-10H2,1-3H3,(H,19,22)/t11-/m1/s1. The molecule has 6 heteroatoms. The highest BCUT2D eigenvalue weighted by Gasteiger charge is 2.23. The maximum atomic E-state index is 12.7. The van der Waals surface area contributed by atoms with E-state index >= 15 is 0 Å². The molecule has 2 aromatic heterocycles. The first kappa shape index (κ1) is 17.1. The fourth-order valence-corrected chi connectivity index (χ4v) is 4.45. The van der Waals surface area contributed by atoms with Gasteiger partial charge in [-0.1, -0.05) is 26.2 Å². The molecule has 0 unspecified atom stereocenters. The fourth-order valence-electron chi connectivity index (χ4n) is 3.35. The second-order valence-corrected chi connectivity index (χ2v) is 7.69. The topological polar surface area (TPSA) is 64.0 Å². The van der Waals surface area contributed by atoms with Crippen molar-refractivity contribution in [2.24, 2.45) is 0 Å². The van der Waals surface area contributed by atoms with Crippen LogP contribution in [-0.4, -0.2) is 21.5 Å². The number of fused-ring (bicyclic) bond motifs is 2. The maximum Gasteiger partial charge on any atom is 0.262 e. The van der Waals surface area contributed by atoms with Gasteiger partial charge in [0.05, 0.1) is 10.3 Å². The highest BCUT2D eigenvalue weighted by molar-refractivity contribution is 7.20. The minimum Gasteiger partial charge on any atom is -0.349 e. The second-order valence-electron chi connectivity index (χ2n) is 6.70. The van der Waals surface area contributed by atoms with Crippen molar-refractivity contribution in [1.29, 1.82) is 0 Å². The zero-order chi connectivity index (χ0) is 17.3. The summed E-state index contributed by atoms with van der Waals surface area (Å²) < 4.78 is 1.76. The maximum absolute atomic E-state index is 12.7. The van der Waals surface area contributed by atoms with Crippen LogP contribution >= 0.6 is 11.3 Å². The number of nitrogens with zero attached hydrogens (tertiary/aromatic N) is 2. The third kappa shape index (κ3) is 3.11. The molecule has 0 aromatic carbocycles. The van der Waals surface area contributed by atoms with Gasteiger partial charge in [-0.2, -0.15) is 0 Å². The molecule has 2 aromatic rings. The Bertz CT molecular complexity index is 822. The predicted octanol–water partition coefficient (Wildman–Crippen LogP) is 3.41. The number of aromatic nitrogens is 2. The molecule has 0 bridgehead atoms. The molecule has 3 rings (SSSR count). The van der Waals surface area contributed by atoms with E-state index in [1.54, 1.807) is 4.57 Å². The molecule has 1 amide bonds. The summed E-state index contributed by atoms with van der Waals surface area (Å²) in [6.07, 6.45) is 6.29. The Morgan fingerprint density at radius 2 is 2.21 bits per heavy atom. The van der Waals surface area contributed by atoms with Crippen molar-refractivity contribution in [1.82, 2.24) is 14.9 Å². The minimum absolute atomic E-state index is 0.0105. The van der Waals surface area contributed by atoms with E-state index in [9.17, 15) is 9.59 Å². The van der Waals surface area contributed by atoms with Gasteiger partial charge in [0, 0.05) is 19.0 Å². The number of rotatable bonds is 6. The average Bonchev–Trinajstić information content (AvgIpc) is 3.13. The molecular weight excluding hydrogens is 322 g/mol. The number of amides is 1. The largest absolute Gasteiger partial charge is 0.349 e. The number of unbranched alkanes of at least 4 members (excludes halogenated alkanes) is 2. The number of carbonyl (C=O) groups is 1. The van der Waals surface area contributed by atoms with Crippen molar-refractivity contribution in [2.75, 3.05) is 0 Å². The van der Waals surface area contributed by atoms with Gasteiger partial charge in [0.25, 0.3) is 11.5 Å². The lowest BCUT2D eigenvalue weighted by atomic mass is 10.1. The Morgan fingerprint density at radius 1 is 1.42 bits per heavy atom. The number of carbonyl (C=O) groups excluding carboxylic acids is 1. The lowest BCUT2D eigenvalue weighted by Gasteiger charge is -2.13.